The molecule has 0 fully saturated rings. The number of hydrogen-bond donors (Lipinski definition) is 0. The minimum atomic E-state index is -1.29. The number of halogens is 2. The van der Waals surface area contributed by atoms with Crippen LogP contribution in [0.25, 0.3) is 0 Å². The quantitative estimate of drug-likeness (QED) is 0.576. The average Bonchev–Trinajstić information content (AvgIpc) is 2.28. The Morgan fingerprint density at radius 3 is 2.50 bits per heavy atom. The molecule has 0 spiro atoms. The van der Waals surface area contributed by atoms with E-state index < -0.39 is 5.79 Å². The van der Waals surface area contributed by atoms with E-state index >= 15 is 0 Å². The molecule has 0 N–H and O–H groups in total. The normalized spacial score (nSPS) is 25.9. The van der Waals surface area contributed by atoms with Gasteiger partial charge in [0.25, 0.3) is 0 Å². The summed E-state index contributed by atoms with van der Waals surface area (Å²) < 4.78 is 10.8. The molecule has 1 aliphatic rings. The molecule has 5 heteroatoms. The third-order valence-electron chi connectivity index (χ3n) is 2.03. The summed E-state index contributed by atoms with van der Waals surface area (Å²) in [5, 5.41) is 0. The van der Waals surface area contributed by atoms with Gasteiger partial charge in [-0.3, -0.25) is 4.79 Å². The summed E-state index contributed by atoms with van der Waals surface area (Å²) in [6, 6.07) is 0. The second kappa shape index (κ2) is 4.70. The van der Waals surface area contributed by atoms with Gasteiger partial charge in [0.2, 0.25) is 11.6 Å². The largest absolute Gasteiger partial charge is 0.346 e. The number of ether oxygens (including phenoxy) is 2. The van der Waals surface area contributed by atoms with Crippen LogP contribution in [-0.4, -0.2) is 30.6 Å². The third-order valence-corrected chi connectivity index (χ3v) is 3.56. The number of rotatable bonds is 2. The van der Waals surface area contributed by atoms with E-state index in [-0.39, 0.29) is 10.6 Å². The molecular weight excluding hydrogens is 316 g/mol. The fourth-order valence-corrected chi connectivity index (χ4v) is 2.41. The Morgan fingerprint density at radius 2 is 2.00 bits per heavy atom. The maximum absolute atomic E-state index is 11.9. The molecule has 14 heavy (non-hydrogen) atoms. The lowest BCUT2D eigenvalue weighted by molar-refractivity contribution is -0.198. The minimum absolute atomic E-state index is 0.241. The molecule has 0 aromatic rings. The molecule has 0 heterocycles. The molecular formula is C9H10Br2O3. The Kier molecular flexibility index (Phi) is 4.06. The van der Waals surface area contributed by atoms with Crippen molar-refractivity contribution in [3.8, 4) is 0 Å². The summed E-state index contributed by atoms with van der Waals surface area (Å²) in [4.78, 5) is 11.6. The molecule has 0 bridgehead atoms. The molecule has 78 valence electrons. The summed E-state index contributed by atoms with van der Waals surface area (Å²) >= 11 is 6.51. The zero-order valence-corrected chi connectivity index (χ0v) is 11.0. The fraction of sp³-hybridized carbons (Fsp3) is 0.444. The van der Waals surface area contributed by atoms with Crippen LogP contribution in [0.2, 0.25) is 0 Å². The predicted molar refractivity (Wildman–Crippen MR) is 60.6 cm³/mol. The smallest absolute Gasteiger partial charge is 0.250 e. The van der Waals surface area contributed by atoms with Crippen LogP contribution in [0.5, 0.6) is 0 Å². The first-order chi connectivity index (χ1) is 6.58. The highest BCUT2D eigenvalue weighted by Crippen LogP contribution is 2.32. The number of methoxy groups -OCH3 is 2. The standard InChI is InChI=1S/C9H10Br2O3/c1-13-9(14-2)7(11)5-3-4-6(10)8(9)12/h3-5,7H,1-2H3. The van der Waals surface area contributed by atoms with Gasteiger partial charge in [-0.05, 0) is 22.0 Å². The maximum Gasteiger partial charge on any atom is 0.250 e. The molecule has 0 amide bonds. The number of alkyl halides is 1. The van der Waals surface area contributed by atoms with Gasteiger partial charge in [-0.1, -0.05) is 28.1 Å². The van der Waals surface area contributed by atoms with Crippen LogP contribution in [0.3, 0.4) is 0 Å². The predicted octanol–water partition coefficient (Wildman–Crippen LogP) is 2.16. The Hall–Kier alpha value is 0.0300. The van der Waals surface area contributed by atoms with Gasteiger partial charge >= 0.3 is 0 Å². The van der Waals surface area contributed by atoms with Crippen molar-refractivity contribution < 1.29 is 14.3 Å². The lowest BCUT2D eigenvalue weighted by Gasteiger charge is -2.31. The van der Waals surface area contributed by atoms with E-state index in [1.807, 2.05) is 0 Å². The summed E-state index contributed by atoms with van der Waals surface area (Å²) in [5.74, 6) is -1.53. The highest BCUT2D eigenvalue weighted by atomic mass is 79.9. The van der Waals surface area contributed by atoms with E-state index in [1.165, 1.54) is 14.2 Å². The molecule has 1 unspecified atom stereocenters. The zero-order valence-electron chi connectivity index (χ0n) is 7.79. The topological polar surface area (TPSA) is 35.5 Å². The van der Waals surface area contributed by atoms with Gasteiger partial charge in [0.1, 0.15) is 0 Å². The Labute approximate surface area is 99.4 Å². The van der Waals surface area contributed by atoms with Gasteiger partial charge in [-0.25, -0.2) is 0 Å². The molecule has 0 radical (unpaired) electrons. The van der Waals surface area contributed by atoms with Crippen LogP contribution in [0.1, 0.15) is 0 Å². The first-order valence-electron chi connectivity index (χ1n) is 3.91. The number of hydrogen-bond acceptors (Lipinski definition) is 3. The number of Topliss-reactive ketones (excluding diaryl/α,β-unsaturated/α-hetero) is 1. The van der Waals surface area contributed by atoms with Crippen molar-refractivity contribution in [3.05, 3.63) is 22.7 Å². The second-order valence-electron chi connectivity index (χ2n) is 2.71. The van der Waals surface area contributed by atoms with Crippen molar-refractivity contribution in [2.24, 2.45) is 0 Å². The van der Waals surface area contributed by atoms with Gasteiger partial charge in [-0.2, -0.15) is 0 Å². The second-order valence-corrected chi connectivity index (χ2v) is 4.55. The summed E-state index contributed by atoms with van der Waals surface area (Å²) in [6.45, 7) is 0. The monoisotopic (exact) mass is 324 g/mol. The molecule has 0 saturated heterocycles. The van der Waals surface area contributed by atoms with Crippen molar-refractivity contribution in [1.29, 1.82) is 0 Å². The van der Waals surface area contributed by atoms with Crippen molar-refractivity contribution in [1.82, 2.24) is 0 Å². The lowest BCUT2D eigenvalue weighted by Crippen LogP contribution is -2.49. The first-order valence-corrected chi connectivity index (χ1v) is 5.62. The zero-order chi connectivity index (χ0) is 10.8. The Bertz CT molecular complexity index is 292. The fourth-order valence-electron chi connectivity index (χ4n) is 1.23. The summed E-state index contributed by atoms with van der Waals surface area (Å²) in [7, 11) is 2.88. The van der Waals surface area contributed by atoms with E-state index in [1.54, 1.807) is 18.2 Å². The SMILES string of the molecule is COC1(OC)C(=O)C(Br)=CC=CC1Br. The van der Waals surface area contributed by atoms with E-state index in [0.29, 0.717) is 4.48 Å². The van der Waals surface area contributed by atoms with Crippen LogP contribution < -0.4 is 0 Å². The van der Waals surface area contributed by atoms with Gasteiger partial charge < -0.3 is 9.47 Å². The van der Waals surface area contributed by atoms with Crippen LogP contribution in [-0.2, 0) is 14.3 Å². The molecule has 0 aromatic carbocycles. The highest BCUT2D eigenvalue weighted by Gasteiger charge is 2.46. The molecule has 1 aliphatic carbocycles. The van der Waals surface area contributed by atoms with E-state index in [9.17, 15) is 4.79 Å². The van der Waals surface area contributed by atoms with Gasteiger partial charge in [0, 0.05) is 14.2 Å². The van der Waals surface area contributed by atoms with Gasteiger partial charge in [0.05, 0.1) is 9.31 Å². The van der Waals surface area contributed by atoms with Crippen LogP contribution in [0, 0.1) is 0 Å². The van der Waals surface area contributed by atoms with Crippen LogP contribution in [0.4, 0.5) is 0 Å². The van der Waals surface area contributed by atoms with E-state index in [2.05, 4.69) is 31.9 Å². The maximum atomic E-state index is 11.9. The molecule has 0 aromatic heterocycles. The van der Waals surface area contributed by atoms with Crippen LogP contribution in [0.15, 0.2) is 22.7 Å². The molecule has 1 rings (SSSR count). The third kappa shape index (κ3) is 1.86. The number of carbonyl (C=O) groups excluding carboxylic acids is 1. The molecule has 3 nitrogen and oxygen atoms in total. The van der Waals surface area contributed by atoms with Crippen molar-refractivity contribution >= 4 is 37.6 Å². The van der Waals surface area contributed by atoms with Crippen molar-refractivity contribution in [3.63, 3.8) is 0 Å². The van der Waals surface area contributed by atoms with E-state index in [0.717, 1.165) is 0 Å². The first kappa shape index (κ1) is 12.1. The Morgan fingerprint density at radius 1 is 1.43 bits per heavy atom. The Balaban J connectivity index is 3.17. The lowest BCUT2D eigenvalue weighted by atomic mass is 10.1. The summed E-state index contributed by atoms with van der Waals surface area (Å²) in [6.07, 6.45) is 5.22. The number of carbonyl (C=O) groups is 1. The van der Waals surface area contributed by atoms with Crippen LogP contribution >= 0.6 is 31.9 Å². The van der Waals surface area contributed by atoms with E-state index in [4.69, 9.17) is 9.47 Å². The van der Waals surface area contributed by atoms with Gasteiger partial charge in [0.15, 0.2) is 0 Å². The average molecular weight is 326 g/mol. The number of ketones is 1. The minimum Gasteiger partial charge on any atom is -0.346 e. The summed E-state index contributed by atoms with van der Waals surface area (Å²) in [5.41, 5.74) is 0. The molecule has 0 aliphatic heterocycles. The van der Waals surface area contributed by atoms with Crippen molar-refractivity contribution in [2.75, 3.05) is 14.2 Å². The van der Waals surface area contributed by atoms with Crippen molar-refractivity contribution in [2.45, 2.75) is 10.6 Å². The van der Waals surface area contributed by atoms with Gasteiger partial charge in [-0.15, -0.1) is 0 Å². The molecule has 1 atom stereocenters. The highest BCUT2D eigenvalue weighted by molar-refractivity contribution is 9.12. The molecule has 0 saturated carbocycles. The number of allylic oxidation sites excluding steroid dienone is 2.